The zero-order valence-corrected chi connectivity index (χ0v) is 17.4. The van der Waals surface area contributed by atoms with E-state index in [9.17, 15) is 0 Å². The van der Waals surface area contributed by atoms with Crippen LogP contribution in [0.2, 0.25) is 0 Å². The summed E-state index contributed by atoms with van der Waals surface area (Å²) in [4.78, 5) is 0. The average Bonchev–Trinajstić information content (AvgIpc) is 2.71. The number of benzene rings is 5. The summed E-state index contributed by atoms with van der Waals surface area (Å²) in [7, 11) is 0. The van der Waals surface area contributed by atoms with Crippen molar-refractivity contribution in [3.63, 3.8) is 0 Å². The topological polar surface area (TPSA) is 0 Å². The molecule has 0 nitrogen and oxygen atoms in total. The summed E-state index contributed by atoms with van der Waals surface area (Å²) in [6, 6.07) is 33.5. The Morgan fingerprint density at radius 3 is 1.83 bits per heavy atom. The first-order valence-electron chi connectivity index (χ1n) is 10.4. The van der Waals surface area contributed by atoms with Crippen LogP contribution in [0.4, 0.5) is 0 Å². The lowest BCUT2D eigenvalue weighted by Gasteiger charge is -2.25. The van der Waals surface area contributed by atoms with E-state index in [1.165, 1.54) is 49.0 Å². The van der Waals surface area contributed by atoms with Crippen molar-refractivity contribution in [2.45, 2.75) is 32.6 Å². The van der Waals surface area contributed by atoms with Crippen molar-refractivity contribution in [3.8, 4) is 0 Å². The molecule has 29 heavy (non-hydrogen) atoms. The minimum absolute atomic E-state index is 0.103. The molecule has 0 N–H and O–H groups in total. The summed E-state index contributed by atoms with van der Waals surface area (Å²) in [5.41, 5.74) is 4.37. The molecule has 0 spiro atoms. The van der Waals surface area contributed by atoms with Crippen LogP contribution in [0, 0.1) is 0 Å². The zero-order chi connectivity index (χ0) is 20.0. The summed E-state index contributed by atoms with van der Waals surface area (Å²) in [5.74, 6) is 0. The Balaban J connectivity index is 1.74. The molecule has 0 saturated carbocycles. The van der Waals surface area contributed by atoms with Gasteiger partial charge in [0.05, 0.1) is 0 Å². The number of fused-ring (bicyclic) bond motifs is 3. The lowest BCUT2D eigenvalue weighted by molar-refractivity contribution is 0.585. The molecule has 0 heterocycles. The zero-order valence-electron chi connectivity index (χ0n) is 17.4. The van der Waals surface area contributed by atoms with Crippen LogP contribution in [-0.2, 0) is 11.8 Å². The fraction of sp³-hybridized carbons (Fsp3) is 0.172. The number of hydrogen-bond donors (Lipinski definition) is 0. The Labute approximate surface area is 172 Å². The predicted octanol–water partition coefficient (Wildman–Crippen LogP) is 8.03. The van der Waals surface area contributed by atoms with Gasteiger partial charge in [-0.15, -0.1) is 0 Å². The molecule has 0 aromatic heterocycles. The summed E-state index contributed by atoms with van der Waals surface area (Å²) in [6.45, 7) is 6.96. The lowest BCUT2D eigenvalue weighted by atomic mass is 9.79. The molecule has 0 fully saturated rings. The second kappa shape index (κ2) is 6.74. The molecule has 0 atom stereocenters. The normalized spacial score (nSPS) is 12.1. The maximum Gasteiger partial charge on any atom is -0.00164 e. The predicted molar refractivity (Wildman–Crippen MR) is 127 cm³/mol. The summed E-state index contributed by atoms with van der Waals surface area (Å²) < 4.78 is 0. The number of rotatable bonds is 2. The molecular weight excluding hydrogens is 348 g/mol. The highest BCUT2D eigenvalue weighted by Crippen LogP contribution is 2.35. The third-order valence-corrected chi connectivity index (χ3v) is 6.00. The van der Waals surface area contributed by atoms with E-state index >= 15 is 0 Å². The maximum atomic E-state index is 2.39. The summed E-state index contributed by atoms with van der Waals surface area (Å²) in [6.07, 6.45) is 0.952. The number of hydrogen-bond acceptors (Lipinski definition) is 0. The monoisotopic (exact) mass is 374 g/mol. The van der Waals surface area contributed by atoms with Gasteiger partial charge in [0.2, 0.25) is 0 Å². The molecule has 0 bridgehead atoms. The Morgan fingerprint density at radius 1 is 0.552 bits per heavy atom. The van der Waals surface area contributed by atoms with Crippen molar-refractivity contribution >= 4 is 32.3 Å². The van der Waals surface area contributed by atoms with Gasteiger partial charge in [0.1, 0.15) is 0 Å². The van der Waals surface area contributed by atoms with E-state index in [2.05, 4.69) is 112 Å². The van der Waals surface area contributed by atoms with Crippen LogP contribution < -0.4 is 0 Å². The van der Waals surface area contributed by atoms with Crippen molar-refractivity contribution < 1.29 is 0 Å². The quantitative estimate of drug-likeness (QED) is 0.274. The van der Waals surface area contributed by atoms with E-state index in [1.807, 2.05) is 0 Å². The molecule has 142 valence electrons. The third-order valence-electron chi connectivity index (χ3n) is 6.00. The van der Waals surface area contributed by atoms with Crippen molar-refractivity contribution in [1.29, 1.82) is 0 Å². The van der Waals surface area contributed by atoms with Gasteiger partial charge in [-0.25, -0.2) is 0 Å². The van der Waals surface area contributed by atoms with Crippen LogP contribution in [0.5, 0.6) is 0 Å². The van der Waals surface area contributed by atoms with Crippen molar-refractivity contribution in [2.24, 2.45) is 0 Å². The smallest absolute Gasteiger partial charge is 0.00164 e. The van der Waals surface area contributed by atoms with Crippen molar-refractivity contribution in [1.82, 2.24) is 0 Å². The highest BCUT2D eigenvalue weighted by Gasteiger charge is 2.20. The van der Waals surface area contributed by atoms with Crippen molar-refractivity contribution in [2.75, 3.05) is 0 Å². The standard InChI is InChI=1S/C29H26/c1-29(2,3)28-15-14-25-18-23-10-6-7-11-24(23)19-26(25)27(28)17-20-12-13-21-8-4-5-9-22(21)16-20/h4-16,18-19H,17H2,1-3H3. The minimum atomic E-state index is 0.103. The molecular formula is C29H26. The summed E-state index contributed by atoms with van der Waals surface area (Å²) >= 11 is 0. The fourth-order valence-corrected chi connectivity index (χ4v) is 4.52. The molecule has 0 saturated heterocycles. The van der Waals surface area contributed by atoms with Gasteiger partial charge in [-0.05, 0) is 73.0 Å². The van der Waals surface area contributed by atoms with E-state index in [0.717, 1.165) is 6.42 Å². The first-order valence-corrected chi connectivity index (χ1v) is 10.4. The molecule has 0 heteroatoms. The van der Waals surface area contributed by atoms with Gasteiger partial charge < -0.3 is 0 Å². The largest absolute Gasteiger partial charge is 0.0616 e. The second-order valence-electron chi connectivity index (χ2n) is 9.12. The van der Waals surface area contributed by atoms with Gasteiger partial charge in [0.25, 0.3) is 0 Å². The van der Waals surface area contributed by atoms with E-state index < -0.39 is 0 Å². The minimum Gasteiger partial charge on any atom is -0.0616 e. The Kier molecular flexibility index (Phi) is 4.17. The molecule has 0 amide bonds. The first-order chi connectivity index (χ1) is 14.0. The Hall–Kier alpha value is -3.12. The highest BCUT2D eigenvalue weighted by atomic mass is 14.2. The SMILES string of the molecule is CC(C)(C)c1ccc2cc3ccccc3cc2c1Cc1ccc2ccccc2c1. The van der Waals surface area contributed by atoms with Gasteiger partial charge in [-0.3, -0.25) is 0 Å². The van der Waals surface area contributed by atoms with E-state index in [1.54, 1.807) is 0 Å². The molecule has 0 radical (unpaired) electrons. The molecule has 5 rings (SSSR count). The van der Waals surface area contributed by atoms with E-state index in [-0.39, 0.29) is 5.41 Å². The second-order valence-corrected chi connectivity index (χ2v) is 9.12. The van der Waals surface area contributed by atoms with Crippen LogP contribution in [0.25, 0.3) is 32.3 Å². The third kappa shape index (κ3) is 3.29. The first kappa shape index (κ1) is 17.9. The molecule has 0 unspecified atom stereocenters. The molecule has 0 aliphatic rings. The Morgan fingerprint density at radius 2 is 1.14 bits per heavy atom. The molecule has 0 aliphatic heterocycles. The van der Waals surface area contributed by atoms with Crippen LogP contribution in [0.1, 0.15) is 37.5 Å². The van der Waals surface area contributed by atoms with Gasteiger partial charge >= 0.3 is 0 Å². The fourth-order valence-electron chi connectivity index (χ4n) is 4.52. The van der Waals surface area contributed by atoms with Gasteiger partial charge in [0, 0.05) is 0 Å². The molecule has 5 aromatic rings. The van der Waals surface area contributed by atoms with Crippen molar-refractivity contribution in [3.05, 3.63) is 108 Å². The maximum absolute atomic E-state index is 2.39. The van der Waals surface area contributed by atoms with E-state index in [4.69, 9.17) is 0 Å². The van der Waals surface area contributed by atoms with Gasteiger partial charge in [-0.2, -0.15) is 0 Å². The van der Waals surface area contributed by atoms with Crippen LogP contribution >= 0.6 is 0 Å². The molecule has 0 aliphatic carbocycles. The van der Waals surface area contributed by atoms with Crippen LogP contribution in [0.15, 0.2) is 91.0 Å². The van der Waals surface area contributed by atoms with Gasteiger partial charge in [0.15, 0.2) is 0 Å². The van der Waals surface area contributed by atoms with Crippen LogP contribution in [-0.4, -0.2) is 0 Å². The van der Waals surface area contributed by atoms with Crippen LogP contribution in [0.3, 0.4) is 0 Å². The average molecular weight is 375 g/mol. The summed E-state index contributed by atoms with van der Waals surface area (Å²) in [5, 5.41) is 7.94. The molecule has 5 aromatic carbocycles. The Bertz CT molecular complexity index is 1350. The highest BCUT2D eigenvalue weighted by molar-refractivity contribution is 6.00. The lowest BCUT2D eigenvalue weighted by Crippen LogP contribution is -2.15. The van der Waals surface area contributed by atoms with Gasteiger partial charge in [-0.1, -0.05) is 99.6 Å². The van der Waals surface area contributed by atoms with E-state index in [0.29, 0.717) is 0 Å².